The Morgan fingerprint density at radius 3 is 2.76 bits per heavy atom. The number of hydrogen-bond acceptors (Lipinski definition) is 3. The summed E-state index contributed by atoms with van der Waals surface area (Å²) in [7, 11) is 0. The Bertz CT molecular complexity index is 246. The van der Waals surface area contributed by atoms with Crippen LogP contribution in [0.2, 0.25) is 0 Å². The summed E-state index contributed by atoms with van der Waals surface area (Å²) < 4.78 is 0. The topological polar surface area (TPSA) is 40.5 Å². The Morgan fingerprint density at radius 2 is 2.24 bits per heavy atom. The van der Waals surface area contributed by atoms with Gasteiger partial charge in [0.25, 0.3) is 0 Å². The van der Waals surface area contributed by atoms with E-state index in [1.807, 2.05) is 18.7 Å². The van der Waals surface area contributed by atoms with Crippen LogP contribution >= 0.6 is 11.8 Å². The van der Waals surface area contributed by atoms with Crippen molar-refractivity contribution in [2.45, 2.75) is 51.4 Å². The van der Waals surface area contributed by atoms with Gasteiger partial charge < -0.3 is 10.0 Å². The second-order valence-electron chi connectivity index (χ2n) is 4.94. The molecule has 0 bridgehead atoms. The second kappa shape index (κ2) is 7.27. The minimum absolute atomic E-state index is 0.0642. The van der Waals surface area contributed by atoms with E-state index in [4.69, 9.17) is 0 Å². The summed E-state index contributed by atoms with van der Waals surface area (Å²) >= 11 is 1.75. The van der Waals surface area contributed by atoms with Gasteiger partial charge in [-0.15, -0.1) is 11.8 Å². The molecule has 1 rings (SSSR count). The first kappa shape index (κ1) is 14.8. The molecule has 1 aliphatic rings. The summed E-state index contributed by atoms with van der Waals surface area (Å²) in [5.41, 5.74) is 0. The van der Waals surface area contributed by atoms with E-state index in [1.54, 1.807) is 11.8 Å². The fraction of sp³-hybridized carbons (Fsp3) is 0.923. The van der Waals surface area contributed by atoms with Gasteiger partial charge in [0.15, 0.2) is 0 Å². The molecule has 1 saturated heterocycles. The van der Waals surface area contributed by atoms with E-state index in [1.165, 1.54) is 12.8 Å². The summed E-state index contributed by atoms with van der Waals surface area (Å²) in [5, 5.41) is 9.58. The molecule has 0 spiro atoms. The minimum Gasteiger partial charge on any atom is -0.393 e. The quantitative estimate of drug-likeness (QED) is 0.743. The van der Waals surface area contributed by atoms with Crippen LogP contribution in [0.1, 0.15) is 40.0 Å². The predicted molar refractivity (Wildman–Crippen MR) is 73.2 cm³/mol. The molecule has 1 heterocycles. The van der Waals surface area contributed by atoms with Gasteiger partial charge in [-0.25, -0.2) is 0 Å². The third kappa shape index (κ3) is 4.51. The first-order valence-corrected chi connectivity index (χ1v) is 7.69. The lowest BCUT2D eigenvalue weighted by molar-refractivity contribution is -0.129. The van der Waals surface area contributed by atoms with Crippen LogP contribution in [0.4, 0.5) is 0 Å². The molecule has 0 aromatic rings. The zero-order valence-electron chi connectivity index (χ0n) is 11.2. The number of rotatable bonds is 6. The molecule has 1 amide bonds. The highest BCUT2D eigenvalue weighted by atomic mass is 32.2. The normalized spacial score (nSPS) is 23.8. The van der Waals surface area contributed by atoms with E-state index in [9.17, 15) is 9.90 Å². The number of aliphatic hydroxyl groups is 1. The van der Waals surface area contributed by atoms with Crippen LogP contribution < -0.4 is 0 Å². The molecule has 4 heteroatoms. The van der Waals surface area contributed by atoms with Gasteiger partial charge in [-0.3, -0.25) is 4.79 Å². The molecule has 0 saturated carbocycles. The van der Waals surface area contributed by atoms with Crippen molar-refractivity contribution >= 4 is 17.7 Å². The fourth-order valence-electron chi connectivity index (χ4n) is 2.11. The average molecular weight is 259 g/mol. The highest BCUT2D eigenvalue weighted by Crippen LogP contribution is 2.23. The van der Waals surface area contributed by atoms with Gasteiger partial charge in [0.2, 0.25) is 5.91 Å². The van der Waals surface area contributed by atoms with Gasteiger partial charge in [-0.05, 0) is 32.4 Å². The summed E-state index contributed by atoms with van der Waals surface area (Å²) in [5.74, 6) is 1.58. The van der Waals surface area contributed by atoms with Crippen LogP contribution in [0.5, 0.6) is 0 Å². The number of carbonyl (C=O) groups excluding carboxylic acids is 1. The Labute approximate surface area is 109 Å². The van der Waals surface area contributed by atoms with Crippen LogP contribution in [0.25, 0.3) is 0 Å². The van der Waals surface area contributed by atoms with E-state index >= 15 is 0 Å². The van der Waals surface area contributed by atoms with Crippen molar-refractivity contribution < 1.29 is 9.90 Å². The highest BCUT2D eigenvalue weighted by molar-refractivity contribution is 8.00. The summed E-state index contributed by atoms with van der Waals surface area (Å²) in [6.07, 6.45) is 3.01. The number of aliphatic hydroxyl groups excluding tert-OH is 1. The SMILES string of the molecule is CCCCSC(C)C(=O)N1CCC(C(C)O)C1. The highest BCUT2D eigenvalue weighted by Gasteiger charge is 2.31. The Hall–Kier alpha value is -0.220. The lowest BCUT2D eigenvalue weighted by Crippen LogP contribution is -2.35. The maximum absolute atomic E-state index is 12.1. The number of carbonyl (C=O) groups is 1. The number of nitrogens with zero attached hydrogens (tertiary/aromatic N) is 1. The summed E-state index contributed by atoms with van der Waals surface area (Å²) in [6, 6.07) is 0. The monoisotopic (exact) mass is 259 g/mol. The van der Waals surface area contributed by atoms with Crippen LogP contribution in [0.15, 0.2) is 0 Å². The third-order valence-corrected chi connectivity index (χ3v) is 4.66. The Kier molecular flexibility index (Phi) is 6.34. The number of hydrogen-bond donors (Lipinski definition) is 1. The maximum Gasteiger partial charge on any atom is 0.235 e. The molecule has 3 unspecified atom stereocenters. The first-order chi connectivity index (χ1) is 8.06. The Balaban J connectivity index is 2.32. The minimum atomic E-state index is -0.296. The van der Waals surface area contributed by atoms with Gasteiger partial charge >= 0.3 is 0 Å². The first-order valence-electron chi connectivity index (χ1n) is 6.64. The van der Waals surface area contributed by atoms with Gasteiger partial charge in [-0.1, -0.05) is 13.3 Å². The van der Waals surface area contributed by atoms with Gasteiger partial charge in [0, 0.05) is 19.0 Å². The molecule has 0 aromatic carbocycles. The largest absolute Gasteiger partial charge is 0.393 e. The lowest BCUT2D eigenvalue weighted by atomic mass is 10.0. The fourth-order valence-corrected chi connectivity index (χ4v) is 3.21. The molecule has 3 atom stereocenters. The molecule has 0 aromatic heterocycles. The van der Waals surface area contributed by atoms with Crippen LogP contribution in [-0.2, 0) is 4.79 Å². The van der Waals surface area contributed by atoms with Crippen molar-refractivity contribution in [3.8, 4) is 0 Å². The van der Waals surface area contributed by atoms with Gasteiger partial charge in [0.05, 0.1) is 11.4 Å². The lowest BCUT2D eigenvalue weighted by Gasteiger charge is -2.21. The number of likely N-dealkylation sites (tertiary alicyclic amines) is 1. The second-order valence-corrected chi connectivity index (χ2v) is 6.39. The molecular formula is C13H25NO2S. The molecule has 1 fully saturated rings. The smallest absolute Gasteiger partial charge is 0.235 e. The number of unbranched alkanes of at least 4 members (excludes halogenated alkanes) is 1. The third-order valence-electron chi connectivity index (χ3n) is 3.43. The molecule has 3 nitrogen and oxygen atoms in total. The number of amides is 1. The molecule has 1 aliphatic heterocycles. The molecule has 17 heavy (non-hydrogen) atoms. The van der Waals surface area contributed by atoms with E-state index in [0.717, 1.165) is 25.3 Å². The van der Waals surface area contributed by atoms with E-state index in [2.05, 4.69) is 6.92 Å². The van der Waals surface area contributed by atoms with Crippen LogP contribution in [0, 0.1) is 5.92 Å². The molecular weight excluding hydrogens is 234 g/mol. The standard InChI is InChI=1S/C13H25NO2S/c1-4-5-8-17-11(3)13(16)14-7-6-12(9-14)10(2)15/h10-12,15H,4-9H2,1-3H3. The van der Waals surface area contributed by atoms with Gasteiger partial charge in [0.1, 0.15) is 0 Å². The molecule has 0 aliphatic carbocycles. The van der Waals surface area contributed by atoms with Crippen molar-refractivity contribution in [3.05, 3.63) is 0 Å². The van der Waals surface area contributed by atoms with E-state index < -0.39 is 0 Å². The van der Waals surface area contributed by atoms with Crippen molar-refractivity contribution in [2.75, 3.05) is 18.8 Å². The van der Waals surface area contributed by atoms with E-state index in [-0.39, 0.29) is 23.2 Å². The predicted octanol–water partition coefficient (Wildman–Crippen LogP) is 2.14. The zero-order valence-corrected chi connectivity index (χ0v) is 12.0. The molecule has 100 valence electrons. The Morgan fingerprint density at radius 1 is 1.53 bits per heavy atom. The molecule has 1 N–H and O–H groups in total. The maximum atomic E-state index is 12.1. The average Bonchev–Trinajstić information content (AvgIpc) is 2.77. The van der Waals surface area contributed by atoms with Crippen molar-refractivity contribution in [1.29, 1.82) is 0 Å². The van der Waals surface area contributed by atoms with E-state index in [0.29, 0.717) is 0 Å². The van der Waals surface area contributed by atoms with Crippen LogP contribution in [-0.4, -0.2) is 46.1 Å². The zero-order chi connectivity index (χ0) is 12.8. The van der Waals surface area contributed by atoms with Crippen LogP contribution in [0.3, 0.4) is 0 Å². The van der Waals surface area contributed by atoms with Crippen molar-refractivity contribution in [2.24, 2.45) is 5.92 Å². The summed E-state index contributed by atoms with van der Waals surface area (Å²) in [4.78, 5) is 14.0. The number of thioether (sulfide) groups is 1. The van der Waals surface area contributed by atoms with Crippen molar-refractivity contribution in [1.82, 2.24) is 4.90 Å². The van der Waals surface area contributed by atoms with Crippen molar-refractivity contribution in [3.63, 3.8) is 0 Å². The molecule has 0 radical (unpaired) electrons. The summed E-state index contributed by atoms with van der Waals surface area (Å²) in [6.45, 7) is 7.53. The van der Waals surface area contributed by atoms with Gasteiger partial charge in [-0.2, -0.15) is 0 Å².